The number of nitrogens with zero attached hydrogens (tertiary/aromatic N) is 2. The Morgan fingerprint density at radius 3 is 2.84 bits per heavy atom. The summed E-state index contributed by atoms with van der Waals surface area (Å²) in [5, 5.41) is 12.0. The van der Waals surface area contributed by atoms with E-state index in [0.717, 1.165) is 6.54 Å². The van der Waals surface area contributed by atoms with Crippen LogP contribution in [-0.4, -0.2) is 45.3 Å². The topological polar surface area (TPSA) is 48.3 Å². The molecule has 1 aromatic rings. The molecule has 0 bridgehead atoms. The highest BCUT2D eigenvalue weighted by atomic mass is 19.1. The lowest BCUT2D eigenvalue weighted by Crippen LogP contribution is -2.23. The van der Waals surface area contributed by atoms with Crippen LogP contribution in [0.25, 0.3) is 0 Å². The average Bonchev–Trinajstić information content (AvgIpc) is 2.37. The molecule has 4 nitrogen and oxygen atoms in total. The number of benzene rings is 1. The SMILES string of the molecule is CN(C)CCOCCNCc1cc(F)ccc1C#N. The van der Waals surface area contributed by atoms with Crippen LogP contribution in [-0.2, 0) is 11.3 Å². The molecule has 0 heterocycles. The van der Waals surface area contributed by atoms with Crippen molar-refractivity contribution >= 4 is 0 Å². The van der Waals surface area contributed by atoms with Crippen molar-refractivity contribution in [3.05, 3.63) is 35.1 Å². The van der Waals surface area contributed by atoms with Gasteiger partial charge in [-0.15, -0.1) is 0 Å². The second-order valence-corrected chi connectivity index (χ2v) is 4.51. The number of rotatable bonds is 8. The second-order valence-electron chi connectivity index (χ2n) is 4.51. The van der Waals surface area contributed by atoms with Gasteiger partial charge in [-0.1, -0.05) is 0 Å². The molecular formula is C14H20FN3O. The molecule has 0 saturated heterocycles. The first-order valence-corrected chi connectivity index (χ1v) is 6.25. The summed E-state index contributed by atoms with van der Waals surface area (Å²) in [5.41, 5.74) is 1.18. The van der Waals surface area contributed by atoms with E-state index in [2.05, 4.69) is 16.3 Å². The summed E-state index contributed by atoms with van der Waals surface area (Å²) >= 11 is 0. The van der Waals surface area contributed by atoms with E-state index >= 15 is 0 Å². The van der Waals surface area contributed by atoms with Crippen LogP contribution in [0.4, 0.5) is 4.39 Å². The van der Waals surface area contributed by atoms with Crippen LogP contribution in [0, 0.1) is 17.1 Å². The summed E-state index contributed by atoms with van der Waals surface area (Å²) in [6.45, 7) is 3.33. The van der Waals surface area contributed by atoms with Crippen LogP contribution < -0.4 is 5.32 Å². The first kappa shape index (κ1) is 15.6. The Morgan fingerprint density at radius 1 is 1.37 bits per heavy atom. The van der Waals surface area contributed by atoms with Gasteiger partial charge in [0.2, 0.25) is 0 Å². The zero-order chi connectivity index (χ0) is 14.1. The zero-order valence-electron chi connectivity index (χ0n) is 11.4. The maximum atomic E-state index is 13.1. The summed E-state index contributed by atoms with van der Waals surface area (Å²) in [5.74, 6) is -0.321. The molecule has 0 aromatic heterocycles. The van der Waals surface area contributed by atoms with E-state index in [1.807, 2.05) is 14.1 Å². The Kier molecular flexibility index (Phi) is 7.04. The second kappa shape index (κ2) is 8.59. The molecular weight excluding hydrogens is 245 g/mol. The molecule has 0 aliphatic heterocycles. The van der Waals surface area contributed by atoms with Gasteiger partial charge in [-0.05, 0) is 37.9 Å². The van der Waals surface area contributed by atoms with Crippen molar-refractivity contribution in [2.24, 2.45) is 0 Å². The molecule has 1 rings (SSSR count). The lowest BCUT2D eigenvalue weighted by molar-refractivity contribution is 0.119. The van der Waals surface area contributed by atoms with E-state index < -0.39 is 0 Å². The number of hydrogen-bond acceptors (Lipinski definition) is 4. The van der Waals surface area contributed by atoms with Gasteiger partial charge in [-0.3, -0.25) is 0 Å². The fourth-order valence-corrected chi connectivity index (χ4v) is 1.53. The third kappa shape index (κ3) is 6.30. The van der Waals surface area contributed by atoms with E-state index in [9.17, 15) is 4.39 Å². The predicted octanol–water partition coefficient (Wildman–Crippen LogP) is 1.37. The summed E-state index contributed by atoms with van der Waals surface area (Å²) < 4.78 is 18.5. The maximum absolute atomic E-state index is 13.1. The summed E-state index contributed by atoms with van der Waals surface area (Å²) in [6.07, 6.45) is 0. The Balaban J connectivity index is 2.23. The van der Waals surface area contributed by atoms with Crippen molar-refractivity contribution in [3.63, 3.8) is 0 Å². The van der Waals surface area contributed by atoms with Crippen LogP contribution in [0.2, 0.25) is 0 Å². The predicted molar refractivity (Wildman–Crippen MR) is 72.2 cm³/mol. The lowest BCUT2D eigenvalue weighted by atomic mass is 10.1. The molecule has 19 heavy (non-hydrogen) atoms. The minimum Gasteiger partial charge on any atom is -0.379 e. The van der Waals surface area contributed by atoms with Crippen molar-refractivity contribution < 1.29 is 9.13 Å². The van der Waals surface area contributed by atoms with Gasteiger partial charge in [0.15, 0.2) is 0 Å². The molecule has 1 aromatic carbocycles. The van der Waals surface area contributed by atoms with E-state index in [1.54, 1.807) is 0 Å². The highest BCUT2D eigenvalue weighted by Crippen LogP contribution is 2.09. The van der Waals surface area contributed by atoms with E-state index in [4.69, 9.17) is 10.00 Å². The monoisotopic (exact) mass is 265 g/mol. The molecule has 104 valence electrons. The third-order valence-corrected chi connectivity index (χ3v) is 2.61. The fraction of sp³-hybridized carbons (Fsp3) is 0.500. The molecule has 0 atom stereocenters. The standard InChI is InChI=1S/C14H20FN3O/c1-18(2)6-8-19-7-5-17-11-13-9-14(15)4-3-12(13)10-16/h3-4,9,17H,5-8,11H2,1-2H3. The maximum Gasteiger partial charge on any atom is 0.123 e. The van der Waals surface area contributed by atoms with Crippen molar-refractivity contribution in [1.29, 1.82) is 5.26 Å². The minimum atomic E-state index is -0.321. The Bertz CT molecular complexity index is 429. The molecule has 1 N–H and O–H groups in total. The average molecular weight is 265 g/mol. The van der Waals surface area contributed by atoms with Gasteiger partial charge in [-0.25, -0.2) is 4.39 Å². The van der Waals surface area contributed by atoms with Crippen LogP contribution in [0.15, 0.2) is 18.2 Å². The molecule has 0 radical (unpaired) electrons. The normalized spacial score (nSPS) is 10.7. The summed E-state index contributed by atoms with van der Waals surface area (Å²) in [6, 6.07) is 6.24. The fourth-order valence-electron chi connectivity index (χ4n) is 1.53. The largest absolute Gasteiger partial charge is 0.379 e. The van der Waals surface area contributed by atoms with E-state index in [1.165, 1.54) is 18.2 Å². The van der Waals surface area contributed by atoms with E-state index in [0.29, 0.717) is 37.4 Å². The molecule has 5 heteroatoms. The van der Waals surface area contributed by atoms with E-state index in [-0.39, 0.29) is 5.82 Å². The van der Waals surface area contributed by atoms with Crippen LogP contribution in [0.3, 0.4) is 0 Å². The van der Waals surface area contributed by atoms with Crippen molar-refractivity contribution in [2.75, 3.05) is 40.4 Å². The van der Waals surface area contributed by atoms with Crippen LogP contribution >= 0.6 is 0 Å². The highest BCUT2D eigenvalue weighted by molar-refractivity contribution is 5.37. The van der Waals surface area contributed by atoms with Crippen molar-refractivity contribution in [2.45, 2.75) is 6.54 Å². The number of halogens is 1. The molecule has 0 aliphatic rings. The first-order valence-electron chi connectivity index (χ1n) is 6.25. The summed E-state index contributed by atoms with van der Waals surface area (Å²) in [4.78, 5) is 2.05. The van der Waals surface area contributed by atoms with Crippen LogP contribution in [0.1, 0.15) is 11.1 Å². The van der Waals surface area contributed by atoms with Crippen LogP contribution in [0.5, 0.6) is 0 Å². The Morgan fingerprint density at radius 2 is 2.16 bits per heavy atom. The van der Waals surface area contributed by atoms with Gasteiger partial charge in [0.05, 0.1) is 24.8 Å². The van der Waals surface area contributed by atoms with Crippen molar-refractivity contribution in [3.8, 4) is 6.07 Å². The molecule has 0 unspecified atom stereocenters. The first-order chi connectivity index (χ1) is 9.13. The molecule has 0 saturated carbocycles. The van der Waals surface area contributed by atoms with Gasteiger partial charge in [0.25, 0.3) is 0 Å². The minimum absolute atomic E-state index is 0.321. The number of nitriles is 1. The van der Waals surface area contributed by atoms with Gasteiger partial charge >= 0.3 is 0 Å². The number of ether oxygens (including phenoxy) is 1. The molecule has 0 amide bonds. The third-order valence-electron chi connectivity index (χ3n) is 2.61. The molecule has 0 spiro atoms. The molecule has 0 aliphatic carbocycles. The smallest absolute Gasteiger partial charge is 0.123 e. The Hall–Kier alpha value is -1.48. The summed E-state index contributed by atoms with van der Waals surface area (Å²) in [7, 11) is 3.99. The number of likely N-dealkylation sites (N-methyl/N-ethyl adjacent to an activating group) is 1. The highest BCUT2D eigenvalue weighted by Gasteiger charge is 2.03. The quantitative estimate of drug-likeness (QED) is 0.721. The van der Waals surface area contributed by atoms with Gasteiger partial charge < -0.3 is 15.0 Å². The van der Waals surface area contributed by atoms with Gasteiger partial charge in [0, 0.05) is 19.6 Å². The van der Waals surface area contributed by atoms with Gasteiger partial charge in [-0.2, -0.15) is 5.26 Å². The zero-order valence-corrected chi connectivity index (χ0v) is 11.4. The number of nitrogens with one attached hydrogen (secondary N) is 1. The number of hydrogen-bond donors (Lipinski definition) is 1. The van der Waals surface area contributed by atoms with Gasteiger partial charge in [0.1, 0.15) is 5.82 Å². The Labute approximate surface area is 113 Å². The van der Waals surface area contributed by atoms with Crippen molar-refractivity contribution in [1.82, 2.24) is 10.2 Å². The molecule has 0 fully saturated rings. The lowest BCUT2D eigenvalue weighted by Gasteiger charge is -2.10.